The minimum Gasteiger partial charge on any atom is -0.507 e. The molecule has 2 nitrogen and oxygen atoms in total. The van der Waals surface area contributed by atoms with Crippen LogP contribution < -0.4 is 5.32 Å². The third-order valence-electron chi connectivity index (χ3n) is 4.11. The topological polar surface area (TPSA) is 32.3 Å². The second kappa shape index (κ2) is 4.93. The van der Waals surface area contributed by atoms with E-state index in [1.165, 1.54) is 24.8 Å². The molecule has 1 fully saturated rings. The molecule has 1 atom stereocenters. The van der Waals surface area contributed by atoms with Crippen molar-refractivity contribution in [3.8, 4) is 5.75 Å². The van der Waals surface area contributed by atoms with Crippen LogP contribution in [0.4, 0.5) is 0 Å². The molecule has 0 aromatic heterocycles. The maximum atomic E-state index is 9.76. The Labute approximate surface area is 110 Å². The van der Waals surface area contributed by atoms with E-state index in [1.807, 2.05) is 13.8 Å². The van der Waals surface area contributed by atoms with Crippen molar-refractivity contribution in [2.24, 2.45) is 5.41 Å². The normalized spacial score (nSPS) is 22.3. The lowest BCUT2D eigenvalue weighted by Gasteiger charge is -2.18. The fraction of sp³-hybridized carbons (Fsp3) is 0.625. The molecule has 1 aromatic rings. The number of rotatable bonds is 3. The Morgan fingerprint density at radius 1 is 1.28 bits per heavy atom. The zero-order valence-electron chi connectivity index (χ0n) is 12.0. The standard InChI is InChI=1S/C16H25NO/c1-11-7-13(8-12(2)15(11)18)10-17-14-5-6-16(3,4)9-14/h7-8,14,17-18H,5-6,9-10H2,1-4H3. The molecule has 18 heavy (non-hydrogen) atoms. The van der Waals surface area contributed by atoms with Crippen LogP contribution in [0.25, 0.3) is 0 Å². The van der Waals surface area contributed by atoms with E-state index in [0.29, 0.717) is 17.2 Å². The summed E-state index contributed by atoms with van der Waals surface area (Å²) in [4.78, 5) is 0. The van der Waals surface area contributed by atoms with E-state index in [1.54, 1.807) is 0 Å². The fourth-order valence-electron chi connectivity index (χ4n) is 3.02. The van der Waals surface area contributed by atoms with Crippen molar-refractivity contribution in [1.82, 2.24) is 5.32 Å². The molecule has 0 spiro atoms. The Kier molecular flexibility index (Phi) is 3.67. The molecule has 1 saturated carbocycles. The Hall–Kier alpha value is -1.02. The van der Waals surface area contributed by atoms with Gasteiger partial charge in [-0.1, -0.05) is 26.0 Å². The highest BCUT2D eigenvalue weighted by molar-refractivity contribution is 5.42. The molecule has 2 rings (SSSR count). The molecule has 0 aliphatic heterocycles. The van der Waals surface area contributed by atoms with Crippen molar-refractivity contribution < 1.29 is 5.11 Å². The van der Waals surface area contributed by atoms with E-state index in [4.69, 9.17) is 0 Å². The Morgan fingerprint density at radius 3 is 2.39 bits per heavy atom. The first-order valence-electron chi connectivity index (χ1n) is 6.90. The first-order chi connectivity index (χ1) is 8.37. The van der Waals surface area contributed by atoms with Gasteiger partial charge in [0.25, 0.3) is 0 Å². The molecule has 0 radical (unpaired) electrons. The molecule has 1 aromatic carbocycles. The number of nitrogens with one attached hydrogen (secondary N) is 1. The molecule has 1 unspecified atom stereocenters. The lowest BCUT2D eigenvalue weighted by molar-refractivity contribution is 0.364. The van der Waals surface area contributed by atoms with Gasteiger partial charge in [0, 0.05) is 12.6 Å². The number of aryl methyl sites for hydroxylation is 2. The SMILES string of the molecule is Cc1cc(CNC2CCC(C)(C)C2)cc(C)c1O. The molecular weight excluding hydrogens is 222 g/mol. The Balaban J connectivity index is 1.95. The first kappa shape index (κ1) is 13.4. The Bertz CT molecular complexity index is 414. The molecule has 0 heterocycles. The van der Waals surface area contributed by atoms with Gasteiger partial charge in [-0.2, -0.15) is 0 Å². The molecular formula is C16H25NO. The van der Waals surface area contributed by atoms with Crippen molar-refractivity contribution in [3.05, 3.63) is 28.8 Å². The first-order valence-corrected chi connectivity index (χ1v) is 6.90. The second-order valence-electron chi connectivity index (χ2n) is 6.56. The number of benzene rings is 1. The smallest absolute Gasteiger partial charge is 0.121 e. The molecule has 0 amide bonds. The predicted molar refractivity (Wildman–Crippen MR) is 75.8 cm³/mol. The van der Waals surface area contributed by atoms with E-state index in [2.05, 4.69) is 31.3 Å². The zero-order chi connectivity index (χ0) is 13.3. The summed E-state index contributed by atoms with van der Waals surface area (Å²) >= 11 is 0. The number of hydrogen-bond acceptors (Lipinski definition) is 2. The molecule has 2 heteroatoms. The molecule has 2 N–H and O–H groups in total. The predicted octanol–water partition coefficient (Wildman–Crippen LogP) is 3.68. The molecule has 1 aliphatic rings. The summed E-state index contributed by atoms with van der Waals surface area (Å²) in [7, 11) is 0. The van der Waals surface area contributed by atoms with Gasteiger partial charge < -0.3 is 10.4 Å². The zero-order valence-corrected chi connectivity index (χ0v) is 12.0. The van der Waals surface area contributed by atoms with Crippen LogP contribution in [0.15, 0.2) is 12.1 Å². The van der Waals surface area contributed by atoms with Gasteiger partial charge in [0.05, 0.1) is 0 Å². The van der Waals surface area contributed by atoms with Crippen molar-refractivity contribution in [2.75, 3.05) is 0 Å². The number of aromatic hydroxyl groups is 1. The summed E-state index contributed by atoms with van der Waals surface area (Å²) in [6.45, 7) is 9.53. The second-order valence-corrected chi connectivity index (χ2v) is 6.56. The third-order valence-corrected chi connectivity index (χ3v) is 4.11. The van der Waals surface area contributed by atoms with Gasteiger partial charge in [0.15, 0.2) is 0 Å². The molecule has 100 valence electrons. The minimum absolute atomic E-state index is 0.431. The monoisotopic (exact) mass is 247 g/mol. The van der Waals surface area contributed by atoms with Gasteiger partial charge in [-0.25, -0.2) is 0 Å². The van der Waals surface area contributed by atoms with Crippen LogP contribution >= 0.6 is 0 Å². The van der Waals surface area contributed by atoms with Crippen LogP contribution in [-0.2, 0) is 6.54 Å². The van der Waals surface area contributed by atoms with E-state index in [-0.39, 0.29) is 0 Å². The highest BCUT2D eigenvalue weighted by Crippen LogP contribution is 2.37. The van der Waals surface area contributed by atoms with Crippen molar-refractivity contribution in [2.45, 2.75) is 59.5 Å². The highest BCUT2D eigenvalue weighted by atomic mass is 16.3. The highest BCUT2D eigenvalue weighted by Gasteiger charge is 2.30. The van der Waals surface area contributed by atoms with Crippen LogP contribution in [0.3, 0.4) is 0 Å². The summed E-state index contributed by atoms with van der Waals surface area (Å²) < 4.78 is 0. The van der Waals surface area contributed by atoms with Gasteiger partial charge in [-0.05, 0) is 55.2 Å². The fourth-order valence-corrected chi connectivity index (χ4v) is 3.02. The van der Waals surface area contributed by atoms with Gasteiger partial charge in [0.1, 0.15) is 5.75 Å². The maximum absolute atomic E-state index is 9.76. The van der Waals surface area contributed by atoms with Gasteiger partial charge in [0.2, 0.25) is 0 Å². The number of hydrogen-bond donors (Lipinski definition) is 2. The van der Waals surface area contributed by atoms with Crippen LogP contribution in [0.2, 0.25) is 0 Å². The van der Waals surface area contributed by atoms with E-state index < -0.39 is 0 Å². The summed E-state index contributed by atoms with van der Waals surface area (Å²) in [5, 5.41) is 13.4. The van der Waals surface area contributed by atoms with Crippen LogP contribution in [0, 0.1) is 19.3 Å². The lowest BCUT2D eigenvalue weighted by Crippen LogP contribution is -2.26. The quantitative estimate of drug-likeness (QED) is 0.854. The van der Waals surface area contributed by atoms with Crippen LogP contribution in [0.1, 0.15) is 49.8 Å². The van der Waals surface area contributed by atoms with E-state index in [9.17, 15) is 5.11 Å². The van der Waals surface area contributed by atoms with Gasteiger partial charge in [-0.15, -0.1) is 0 Å². The van der Waals surface area contributed by atoms with Gasteiger partial charge >= 0.3 is 0 Å². The lowest BCUT2D eigenvalue weighted by atomic mass is 9.92. The molecule has 0 bridgehead atoms. The summed E-state index contributed by atoms with van der Waals surface area (Å²) in [5.41, 5.74) is 3.71. The Morgan fingerprint density at radius 2 is 1.89 bits per heavy atom. The van der Waals surface area contributed by atoms with E-state index in [0.717, 1.165) is 17.7 Å². The average Bonchev–Trinajstić information content (AvgIpc) is 2.63. The summed E-state index contributed by atoms with van der Waals surface area (Å²) in [5.74, 6) is 0.431. The van der Waals surface area contributed by atoms with Crippen molar-refractivity contribution in [3.63, 3.8) is 0 Å². The largest absolute Gasteiger partial charge is 0.507 e. The average molecular weight is 247 g/mol. The molecule has 0 saturated heterocycles. The minimum atomic E-state index is 0.431. The summed E-state index contributed by atoms with van der Waals surface area (Å²) in [6, 6.07) is 4.81. The maximum Gasteiger partial charge on any atom is 0.121 e. The van der Waals surface area contributed by atoms with Crippen LogP contribution in [-0.4, -0.2) is 11.1 Å². The van der Waals surface area contributed by atoms with Crippen LogP contribution in [0.5, 0.6) is 5.75 Å². The van der Waals surface area contributed by atoms with Crippen molar-refractivity contribution in [1.29, 1.82) is 0 Å². The van der Waals surface area contributed by atoms with E-state index >= 15 is 0 Å². The van der Waals surface area contributed by atoms with Crippen molar-refractivity contribution >= 4 is 0 Å². The third kappa shape index (κ3) is 3.05. The summed E-state index contributed by atoms with van der Waals surface area (Å²) in [6.07, 6.45) is 3.87. The molecule has 1 aliphatic carbocycles. The van der Waals surface area contributed by atoms with Gasteiger partial charge in [-0.3, -0.25) is 0 Å². The number of phenolic OH excluding ortho intramolecular Hbond substituents is 1. The number of phenols is 1.